The van der Waals surface area contributed by atoms with E-state index in [4.69, 9.17) is 11.6 Å². The molecule has 0 fully saturated rings. The van der Waals surface area contributed by atoms with Crippen LogP contribution >= 0.6 is 11.6 Å². The lowest BCUT2D eigenvalue weighted by atomic mass is 10.2. The maximum absolute atomic E-state index is 13.7. The molecule has 0 atom stereocenters. The predicted octanol–water partition coefficient (Wildman–Crippen LogP) is 2.67. The molecular formula is C13H20ClFN2O2S. The molecule has 0 bridgehead atoms. The number of sulfonamides is 1. The van der Waals surface area contributed by atoms with Gasteiger partial charge in [-0.15, -0.1) is 0 Å². The summed E-state index contributed by atoms with van der Waals surface area (Å²) in [6.07, 6.45) is 2.71. The molecule has 0 saturated carbocycles. The smallest absolute Gasteiger partial charge is 0.240 e. The van der Waals surface area contributed by atoms with E-state index in [9.17, 15) is 12.8 Å². The fourth-order valence-corrected chi connectivity index (χ4v) is 3.07. The first-order valence-electron chi connectivity index (χ1n) is 6.54. The van der Waals surface area contributed by atoms with Gasteiger partial charge in [-0.3, -0.25) is 0 Å². The van der Waals surface area contributed by atoms with Crippen LogP contribution in [0.1, 0.15) is 31.7 Å². The molecule has 0 aliphatic heterocycles. The zero-order valence-electron chi connectivity index (χ0n) is 11.7. The fraction of sp³-hybridized carbons (Fsp3) is 0.538. The topological polar surface area (TPSA) is 58.2 Å². The quantitative estimate of drug-likeness (QED) is 0.723. The van der Waals surface area contributed by atoms with E-state index < -0.39 is 15.8 Å². The van der Waals surface area contributed by atoms with Gasteiger partial charge in [0.2, 0.25) is 10.0 Å². The van der Waals surface area contributed by atoms with Gasteiger partial charge in [-0.25, -0.2) is 17.5 Å². The van der Waals surface area contributed by atoms with Crippen molar-refractivity contribution < 1.29 is 12.8 Å². The summed E-state index contributed by atoms with van der Waals surface area (Å²) in [5.41, 5.74) is 0.420. The molecule has 0 radical (unpaired) electrons. The van der Waals surface area contributed by atoms with Gasteiger partial charge in [0, 0.05) is 13.1 Å². The maximum atomic E-state index is 13.7. The Morgan fingerprint density at radius 3 is 2.60 bits per heavy atom. The standard InChI is InChI=1S/C13H20ClFN2O2S/c1-3-4-5-6-17-20(18,19)11-7-10(9-16-2)13(14)12(15)8-11/h7-8,16-17H,3-6,9H2,1-2H3. The number of halogens is 2. The third-order valence-corrected chi connectivity index (χ3v) is 4.69. The van der Waals surface area contributed by atoms with Gasteiger partial charge >= 0.3 is 0 Å². The molecule has 0 spiro atoms. The summed E-state index contributed by atoms with van der Waals surface area (Å²) in [5, 5.41) is 2.77. The lowest BCUT2D eigenvalue weighted by Crippen LogP contribution is -2.25. The summed E-state index contributed by atoms with van der Waals surface area (Å²) in [4.78, 5) is -0.0962. The number of benzene rings is 1. The Labute approximate surface area is 124 Å². The van der Waals surface area contributed by atoms with Crippen LogP contribution in [-0.4, -0.2) is 22.0 Å². The van der Waals surface area contributed by atoms with E-state index in [2.05, 4.69) is 10.0 Å². The second-order valence-electron chi connectivity index (χ2n) is 4.51. The molecule has 1 rings (SSSR count). The van der Waals surface area contributed by atoms with Crippen LogP contribution in [0, 0.1) is 5.82 Å². The Hall–Kier alpha value is -0.690. The Balaban J connectivity index is 2.94. The molecule has 1 aromatic rings. The van der Waals surface area contributed by atoms with Gasteiger partial charge in [0.1, 0.15) is 5.82 Å². The summed E-state index contributed by atoms with van der Waals surface area (Å²) in [6, 6.07) is 2.34. The van der Waals surface area contributed by atoms with E-state index >= 15 is 0 Å². The van der Waals surface area contributed by atoms with Crippen molar-refractivity contribution in [2.45, 2.75) is 37.6 Å². The molecule has 0 saturated heterocycles. The van der Waals surface area contributed by atoms with Crippen molar-refractivity contribution in [1.29, 1.82) is 0 Å². The van der Waals surface area contributed by atoms with Gasteiger partial charge in [-0.05, 0) is 31.2 Å². The molecule has 4 nitrogen and oxygen atoms in total. The highest BCUT2D eigenvalue weighted by molar-refractivity contribution is 7.89. The van der Waals surface area contributed by atoms with E-state index in [-0.39, 0.29) is 9.92 Å². The van der Waals surface area contributed by atoms with Crippen molar-refractivity contribution in [1.82, 2.24) is 10.0 Å². The minimum Gasteiger partial charge on any atom is -0.316 e. The minimum atomic E-state index is -3.70. The second-order valence-corrected chi connectivity index (χ2v) is 6.66. The van der Waals surface area contributed by atoms with Gasteiger partial charge in [0.15, 0.2) is 0 Å². The fourth-order valence-electron chi connectivity index (χ4n) is 1.76. The Bertz CT molecular complexity index is 550. The number of hydrogen-bond donors (Lipinski definition) is 2. The normalized spacial score (nSPS) is 11.8. The number of nitrogens with one attached hydrogen (secondary N) is 2. The van der Waals surface area contributed by atoms with Gasteiger partial charge in [-0.1, -0.05) is 31.4 Å². The predicted molar refractivity (Wildman–Crippen MR) is 78.9 cm³/mol. The van der Waals surface area contributed by atoms with E-state index in [1.165, 1.54) is 6.07 Å². The van der Waals surface area contributed by atoms with E-state index in [0.717, 1.165) is 25.3 Å². The van der Waals surface area contributed by atoms with Gasteiger partial charge in [0.05, 0.1) is 9.92 Å². The van der Waals surface area contributed by atoms with Crippen LogP contribution in [0.4, 0.5) is 4.39 Å². The van der Waals surface area contributed by atoms with Crippen LogP contribution in [0.2, 0.25) is 5.02 Å². The lowest BCUT2D eigenvalue weighted by molar-refractivity contribution is 0.572. The summed E-state index contributed by atoms with van der Waals surface area (Å²) in [5.74, 6) is -0.728. The van der Waals surface area contributed by atoms with Crippen LogP contribution in [0.5, 0.6) is 0 Å². The monoisotopic (exact) mass is 322 g/mol. The molecule has 114 valence electrons. The first-order valence-corrected chi connectivity index (χ1v) is 8.40. The lowest BCUT2D eigenvalue weighted by Gasteiger charge is -2.10. The van der Waals surface area contributed by atoms with Gasteiger partial charge < -0.3 is 5.32 Å². The van der Waals surface area contributed by atoms with Crippen LogP contribution in [0.25, 0.3) is 0 Å². The maximum Gasteiger partial charge on any atom is 0.240 e. The summed E-state index contributed by atoms with van der Waals surface area (Å²) in [7, 11) is -2.02. The second kappa shape index (κ2) is 7.93. The summed E-state index contributed by atoms with van der Waals surface area (Å²) < 4.78 is 40.3. The third kappa shape index (κ3) is 4.70. The average Bonchev–Trinajstić information content (AvgIpc) is 2.40. The first kappa shape index (κ1) is 17.4. The van der Waals surface area contributed by atoms with Crippen LogP contribution < -0.4 is 10.0 Å². The van der Waals surface area contributed by atoms with E-state index in [0.29, 0.717) is 18.7 Å². The molecule has 0 unspecified atom stereocenters. The average molecular weight is 323 g/mol. The molecule has 20 heavy (non-hydrogen) atoms. The van der Waals surface area contributed by atoms with Gasteiger partial charge in [0.25, 0.3) is 0 Å². The third-order valence-electron chi connectivity index (χ3n) is 2.83. The molecule has 0 aromatic heterocycles. The zero-order valence-corrected chi connectivity index (χ0v) is 13.2. The molecule has 0 amide bonds. The minimum absolute atomic E-state index is 0.0516. The van der Waals surface area contributed by atoms with Crippen LogP contribution in [0.3, 0.4) is 0 Å². The molecule has 1 aromatic carbocycles. The van der Waals surface area contributed by atoms with Gasteiger partial charge in [-0.2, -0.15) is 0 Å². The zero-order chi connectivity index (χ0) is 15.2. The Morgan fingerprint density at radius 2 is 2.00 bits per heavy atom. The largest absolute Gasteiger partial charge is 0.316 e. The summed E-state index contributed by atoms with van der Waals surface area (Å²) >= 11 is 5.81. The Morgan fingerprint density at radius 1 is 1.30 bits per heavy atom. The number of hydrogen-bond acceptors (Lipinski definition) is 3. The molecule has 2 N–H and O–H groups in total. The summed E-state index contributed by atoms with van der Waals surface area (Å²) in [6.45, 7) is 2.68. The Kier molecular flexibility index (Phi) is 6.88. The molecule has 0 aliphatic carbocycles. The van der Waals surface area contributed by atoms with Crippen molar-refractivity contribution in [3.05, 3.63) is 28.5 Å². The molecular weight excluding hydrogens is 303 g/mol. The van der Waals surface area contributed by atoms with Crippen LogP contribution in [-0.2, 0) is 16.6 Å². The van der Waals surface area contributed by atoms with E-state index in [1.54, 1.807) is 7.05 Å². The molecule has 0 aliphatic rings. The highest BCUT2D eigenvalue weighted by atomic mass is 35.5. The highest BCUT2D eigenvalue weighted by Gasteiger charge is 2.18. The van der Waals surface area contributed by atoms with Crippen molar-refractivity contribution >= 4 is 21.6 Å². The highest BCUT2D eigenvalue weighted by Crippen LogP contribution is 2.24. The molecule has 7 heteroatoms. The van der Waals surface area contributed by atoms with Crippen molar-refractivity contribution in [2.75, 3.05) is 13.6 Å². The van der Waals surface area contributed by atoms with Crippen molar-refractivity contribution in [2.24, 2.45) is 0 Å². The molecule has 0 heterocycles. The van der Waals surface area contributed by atoms with Crippen LogP contribution in [0.15, 0.2) is 17.0 Å². The van der Waals surface area contributed by atoms with E-state index in [1.807, 2.05) is 6.92 Å². The van der Waals surface area contributed by atoms with Crippen molar-refractivity contribution in [3.8, 4) is 0 Å². The SMILES string of the molecule is CCCCCNS(=O)(=O)c1cc(F)c(Cl)c(CNC)c1. The van der Waals surface area contributed by atoms with Crippen molar-refractivity contribution in [3.63, 3.8) is 0 Å². The number of unbranched alkanes of at least 4 members (excludes halogenated alkanes) is 2. The first-order chi connectivity index (χ1) is 9.42. The number of rotatable bonds is 8.